The number of hydrogen-bond donors (Lipinski definition) is 1. The molecule has 2 heterocycles. The summed E-state index contributed by atoms with van der Waals surface area (Å²) in [4.78, 5) is 27.5. The van der Waals surface area contributed by atoms with E-state index in [9.17, 15) is 9.59 Å². The molecule has 0 unspecified atom stereocenters. The number of imide groups is 1. The van der Waals surface area contributed by atoms with Gasteiger partial charge in [-0.3, -0.25) is 9.78 Å². The number of amides is 3. The fourth-order valence-electron chi connectivity index (χ4n) is 1.59. The van der Waals surface area contributed by atoms with Crippen molar-refractivity contribution < 1.29 is 9.59 Å². The summed E-state index contributed by atoms with van der Waals surface area (Å²) in [6.07, 6.45) is 5.21. The fraction of sp³-hybridized carbons (Fsp3) is 0.333. The molecular formula is C12H14N4O2. The van der Waals surface area contributed by atoms with Crippen molar-refractivity contribution in [2.45, 2.75) is 25.8 Å². The number of carbonyl (C=O) groups is 2. The Labute approximate surface area is 105 Å². The van der Waals surface area contributed by atoms with E-state index in [1.54, 1.807) is 31.5 Å². The van der Waals surface area contributed by atoms with E-state index in [0.29, 0.717) is 6.42 Å². The molecule has 1 aromatic rings. The van der Waals surface area contributed by atoms with Crippen LogP contribution in [0.25, 0.3) is 0 Å². The van der Waals surface area contributed by atoms with Crippen molar-refractivity contribution in [2.24, 2.45) is 5.10 Å². The van der Waals surface area contributed by atoms with Crippen molar-refractivity contribution in [1.29, 1.82) is 0 Å². The smallest absolute Gasteiger partial charge is 0.322 e. The van der Waals surface area contributed by atoms with Gasteiger partial charge in [-0.05, 0) is 31.0 Å². The first kappa shape index (κ1) is 12.2. The van der Waals surface area contributed by atoms with Crippen molar-refractivity contribution >= 4 is 18.2 Å². The second-order valence-corrected chi connectivity index (χ2v) is 4.26. The Morgan fingerprint density at radius 2 is 2.11 bits per heavy atom. The van der Waals surface area contributed by atoms with Crippen molar-refractivity contribution in [3.05, 3.63) is 30.1 Å². The first-order valence-electron chi connectivity index (χ1n) is 5.67. The molecule has 1 atom stereocenters. The molecule has 1 N–H and O–H groups in total. The zero-order valence-electron chi connectivity index (χ0n) is 10.3. The van der Waals surface area contributed by atoms with Gasteiger partial charge in [0.2, 0.25) is 0 Å². The summed E-state index contributed by atoms with van der Waals surface area (Å²) in [7, 11) is 0. The third-order valence-electron chi connectivity index (χ3n) is 2.98. The molecule has 0 aromatic carbocycles. The molecule has 0 aliphatic carbocycles. The predicted molar refractivity (Wildman–Crippen MR) is 65.9 cm³/mol. The Bertz CT molecular complexity index is 500. The lowest BCUT2D eigenvalue weighted by atomic mass is 10.00. The maximum Gasteiger partial charge on any atom is 0.346 e. The molecule has 94 valence electrons. The molecule has 1 saturated heterocycles. The van der Waals surface area contributed by atoms with Crippen LogP contribution < -0.4 is 5.32 Å². The zero-order valence-corrected chi connectivity index (χ0v) is 10.3. The minimum atomic E-state index is -0.854. The number of urea groups is 1. The van der Waals surface area contributed by atoms with Crippen molar-refractivity contribution in [1.82, 2.24) is 15.3 Å². The molecule has 3 amide bonds. The van der Waals surface area contributed by atoms with Gasteiger partial charge in [-0.15, -0.1) is 5.01 Å². The van der Waals surface area contributed by atoms with Gasteiger partial charge < -0.3 is 5.32 Å². The van der Waals surface area contributed by atoms with Crippen LogP contribution in [0.5, 0.6) is 0 Å². The third kappa shape index (κ3) is 2.09. The van der Waals surface area contributed by atoms with Crippen LogP contribution in [0.3, 0.4) is 0 Å². The Morgan fingerprint density at radius 3 is 2.67 bits per heavy atom. The molecule has 1 fully saturated rings. The van der Waals surface area contributed by atoms with Crippen LogP contribution >= 0.6 is 0 Å². The van der Waals surface area contributed by atoms with E-state index in [2.05, 4.69) is 15.4 Å². The molecule has 0 spiro atoms. The first-order valence-corrected chi connectivity index (χ1v) is 5.67. The molecule has 0 radical (unpaired) electrons. The van der Waals surface area contributed by atoms with Crippen LogP contribution in [0, 0.1) is 0 Å². The van der Waals surface area contributed by atoms with E-state index in [4.69, 9.17) is 0 Å². The van der Waals surface area contributed by atoms with Gasteiger partial charge in [-0.2, -0.15) is 5.10 Å². The summed E-state index contributed by atoms with van der Waals surface area (Å²) in [6, 6.07) is 2.98. The minimum Gasteiger partial charge on any atom is -0.322 e. The van der Waals surface area contributed by atoms with Gasteiger partial charge in [0, 0.05) is 12.4 Å². The average Bonchev–Trinajstić information content (AvgIpc) is 2.60. The number of aromatic nitrogens is 1. The first-order chi connectivity index (χ1) is 8.57. The molecule has 0 bridgehead atoms. The average molecular weight is 246 g/mol. The lowest BCUT2D eigenvalue weighted by Crippen LogP contribution is -2.42. The van der Waals surface area contributed by atoms with Gasteiger partial charge in [-0.1, -0.05) is 6.92 Å². The van der Waals surface area contributed by atoms with E-state index in [0.717, 1.165) is 10.6 Å². The number of pyridine rings is 1. The molecule has 18 heavy (non-hydrogen) atoms. The third-order valence-corrected chi connectivity index (χ3v) is 2.98. The molecule has 0 saturated carbocycles. The highest BCUT2D eigenvalue weighted by Crippen LogP contribution is 2.20. The van der Waals surface area contributed by atoms with Gasteiger partial charge in [0.25, 0.3) is 5.91 Å². The number of rotatable bonds is 3. The normalized spacial score (nSPS) is 23.8. The lowest BCUT2D eigenvalue weighted by molar-refractivity contribution is -0.130. The van der Waals surface area contributed by atoms with Crippen LogP contribution in [-0.2, 0) is 4.79 Å². The molecule has 6 nitrogen and oxygen atoms in total. The lowest BCUT2D eigenvalue weighted by Gasteiger charge is -2.17. The Hall–Kier alpha value is -2.24. The summed E-state index contributed by atoms with van der Waals surface area (Å²) >= 11 is 0. The van der Waals surface area contributed by atoms with E-state index in [1.807, 2.05) is 6.92 Å². The van der Waals surface area contributed by atoms with Crippen molar-refractivity contribution in [3.8, 4) is 0 Å². The van der Waals surface area contributed by atoms with Crippen LogP contribution in [0.15, 0.2) is 29.6 Å². The van der Waals surface area contributed by atoms with Gasteiger partial charge in [0.1, 0.15) is 5.54 Å². The highest BCUT2D eigenvalue weighted by molar-refractivity contribution is 6.07. The van der Waals surface area contributed by atoms with Gasteiger partial charge in [0.05, 0.1) is 6.21 Å². The van der Waals surface area contributed by atoms with Crippen molar-refractivity contribution in [3.63, 3.8) is 0 Å². The monoisotopic (exact) mass is 246 g/mol. The zero-order chi connectivity index (χ0) is 13.2. The van der Waals surface area contributed by atoms with E-state index >= 15 is 0 Å². The number of hydrazone groups is 1. The molecule has 1 aliphatic heterocycles. The molecule has 6 heteroatoms. The predicted octanol–water partition coefficient (Wildman–Crippen LogP) is 1.14. The second kappa shape index (κ2) is 4.56. The van der Waals surface area contributed by atoms with Crippen LogP contribution in [0.4, 0.5) is 4.79 Å². The molecular weight excluding hydrogens is 232 g/mol. The van der Waals surface area contributed by atoms with Gasteiger partial charge in [0.15, 0.2) is 0 Å². The number of carbonyl (C=O) groups excluding carboxylic acids is 2. The summed E-state index contributed by atoms with van der Waals surface area (Å²) in [5, 5.41) is 7.41. The maximum atomic E-state index is 12.0. The fourth-order valence-corrected chi connectivity index (χ4v) is 1.59. The van der Waals surface area contributed by atoms with Crippen molar-refractivity contribution in [2.75, 3.05) is 0 Å². The standard InChI is InChI=1S/C12H14N4O2/c1-3-12(2)10(17)16(11(18)15-12)14-8-9-4-6-13-7-5-9/h4-8H,3H2,1-2H3,(H,15,18)/b14-8-/t12-/m1/s1. The summed E-state index contributed by atoms with van der Waals surface area (Å²) in [5.74, 6) is -0.333. The topological polar surface area (TPSA) is 74.7 Å². The highest BCUT2D eigenvalue weighted by Gasteiger charge is 2.46. The number of nitrogens with one attached hydrogen (secondary N) is 1. The van der Waals surface area contributed by atoms with Gasteiger partial charge in [-0.25, -0.2) is 4.79 Å². The number of nitrogens with zero attached hydrogens (tertiary/aromatic N) is 3. The Balaban J connectivity index is 2.18. The SMILES string of the molecule is CC[C@@]1(C)NC(=O)N(/N=C\c2ccncc2)C1=O. The highest BCUT2D eigenvalue weighted by atomic mass is 16.2. The Morgan fingerprint density at radius 1 is 1.44 bits per heavy atom. The largest absolute Gasteiger partial charge is 0.346 e. The maximum absolute atomic E-state index is 12.0. The van der Waals surface area contributed by atoms with E-state index in [1.165, 1.54) is 6.21 Å². The van der Waals surface area contributed by atoms with Crippen LogP contribution in [0.1, 0.15) is 25.8 Å². The van der Waals surface area contributed by atoms with E-state index < -0.39 is 11.6 Å². The van der Waals surface area contributed by atoms with Crippen LogP contribution in [-0.4, -0.2) is 33.7 Å². The quantitative estimate of drug-likeness (QED) is 0.641. The molecule has 1 aliphatic rings. The second-order valence-electron chi connectivity index (χ2n) is 4.26. The Kier molecular flexibility index (Phi) is 3.10. The van der Waals surface area contributed by atoms with E-state index in [-0.39, 0.29) is 5.91 Å². The molecule has 1 aromatic heterocycles. The minimum absolute atomic E-state index is 0.333. The summed E-state index contributed by atoms with van der Waals surface area (Å²) in [6.45, 7) is 3.53. The molecule has 2 rings (SSSR count). The summed E-state index contributed by atoms with van der Waals surface area (Å²) in [5.41, 5.74) is -0.0807. The number of hydrogen-bond acceptors (Lipinski definition) is 4. The van der Waals surface area contributed by atoms with Crippen LogP contribution in [0.2, 0.25) is 0 Å². The van der Waals surface area contributed by atoms with Gasteiger partial charge >= 0.3 is 6.03 Å². The summed E-state index contributed by atoms with van der Waals surface area (Å²) < 4.78 is 0.